The van der Waals surface area contributed by atoms with Crippen LogP contribution in [0.15, 0.2) is 0 Å². The highest BCUT2D eigenvalue weighted by molar-refractivity contribution is 7.89. The number of rotatable bonds is 6. The Balaban J connectivity index is 4.46. The van der Waals surface area contributed by atoms with E-state index in [4.69, 9.17) is 11.5 Å². The van der Waals surface area contributed by atoms with Crippen molar-refractivity contribution >= 4 is 16.0 Å². The molecule has 6 heteroatoms. The van der Waals surface area contributed by atoms with E-state index in [1.54, 1.807) is 6.92 Å². The normalized spacial score (nSPS) is 13.1. The quantitative estimate of drug-likeness (QED) is 0.606. The van der Waals surface area contributed by atoms with Crippen molar-refractivity contribution in [1.29, 1.82) is 0 Å². The van der Waals surface area contributed by atoms with Crippen LogP contribution in [0.4, 0.5) is 0 Å². The van der Waals surface area contributed by atoms with Crippen molar-refractivity contribution in [3.63, 3.8) is 0 Å². The third-order valence-electron chi connectivity index (χ3n) is 1.41. The molecule has 1 atom stereocenters. The van der Waals surface area contributed by atoms with Crippen molar-refractivity contribution in [1.82, 2.24) is 4.72 Å². The van der Waals surface area contributed by atoms with E-state index in [1.807, 2.05) is 4.72 Å². The van der Waals surface area contributed by atoms with E-state index in [9.17, 15) is 13.2 Å². The third kappa shape index (κ3) is 4.84. The molecule has 1 unspecified atom stereocenters. The summed E-state index contributed by atoms with van der Waals surface area (Å²) in [5.74, 6) is 0.749. The molecule has 0 aromatic heterocycles. The molecule has 0 saturated carbocycles. The van der Waals surface area contributed by atoms with Gasteiger partial charge in [0, 0.05) is 6.42 Å². The molecule has 0 spiro atoms. The van der Waals surface area contributed by atoms with Gasteiger partial charge in [-0.25, -0.2) is 8.42 Å². The zero-order chi connectivity index (χ0) is 11.2. The van der Waals surface area contributed by atoms with Gasteiger partial charge in [0.05, 0.1) is 5.75 Å². The zero-order valence-corrected chi connectivity index (χ0v) is 8.67. The minimum Gasteiger partial charge on any atom is -0.480 e. The first-order valence-corrected chi connectivity index (χ1v) is 5.74. The van der Waals surface area contributed by atoms with E-state index in [-0.39, 0.29) is 12.2 Å². The summed E-state index contributed by atoms with van der Waals surface area (Å²) in [5, 5.41) is 8.61. The van der Waals surface area contributed by atoms with Crippen LogP contribution in [-0.4, -0.2) is 31.3 Å². The predicted octanol–water partition coefficient (Wildman–Crippen LogP) is -0.208. The summed E-state index contributed by atoms with van der Waals surface area (Å²) in [6.45, 7) is 1.69. The topological polar surface area (TPSA) is 83.5 Å². The van der Waals surface area contributed by atoms with E-state index >= 15 is 0 Å². The Kier molecular flexibility index (Phi) is 5.20. The van der Waals surface area contributed by atoms with Gasteiger partial charge in [0.25, 0.3) is 0 Å². The molecule has 0 amide bonds. The van der Waals surface area contributed by atoms with Crippen molar-refractivity contribution in [3.05, 3.63) is 0 Å². The fraction of sp³-hybridized carbons (Fsp3) is 0.625. The number of sulfonamides is 1. The second-order valence-electron chi connectivity index (χ2n) is 2.74. The van der Waals surface area contributed by atoms with Crippen LogP contribution in [0.25, 0.3) is 0 Å². The SMILES string of the molecule is C#CCC(NS(=O)(=O)CCC)C(=O)O. The molecule has 0 aliphatic heterocycles. The molecule has 2 N–H and O–H groups in total. The lowest BCUT2D eigenvalue weighted by Gasteiger charge is -2.11. The Morgan fingerprint density at radius 3 is 2.57 bits per heavy atom. The lowest BCUT2D eigenvalue weighted by atomic mass is 10.2. The third-order valence-corrected chi connectivity index (χ3v) is 3.00. The first-order chi connectivity index (χ1) is 6.43. The van der Waals surface area contributed by atoms with Gasteiger partial charge in [0.2, 0.25) is 10.0 Å². The van der Waals surface area contributed by atoms with Crippen molar-refractivity contribution in [2.75, 3.05) is 5.75 Å². The van der Waals surface area contributed by atoms with E-state index in [0.717, 1.165) is 0 Å². The van der Waals surface area contributed by atoms with Gasteiger partial charge in [-0.1, -0.05) is 6.92 Å². The summed E-state index contributed by atoms with van der Waals surface area (Å²) in [4.78, 5) is 10.5. The molecular weight excluding hydrogens is 206 g/mol. The number of aliphatic carboxylic acids is 1. The molecule has 0 aromatic carbocycles. The average molecular weight is 219 g/mol. The number of hydrogen-bond donors (Lipinski definition) is 2. The minimum atomic E-state index is -3.52. The molecule has 0 bridgehead atoms. The van der Waals surface area contributed by atoms with E-state index in [1.165, 1.54) is 0 Å². The Labute approximate surface area is 83.6 Å². The van der Waals surface area contributed by atoms with Gasteiger partial charge in [-0.05, 0) is 6.42 Å². The standard InChI is InChI=1S/C8H13NO4S/c1-3-5-7(8(10)11)9-14(12,13)6-4-2/h1,7,9H,4-6H2,2H3,(H,10,11). The number of terminal acetylenes is 1. The molecule has 5 nitrogen and oxygen atoms in total. The van der Waals surface area contributed by atoms with E-state index < -0.39 is 22.0 Å². The van der Waals surface area contributed by atoms with Crippen LogP contribution in [0.2, 0.25) is 0 Å². The second kappa shape index (κ2) is 5.62. The van der Waals surface area contributed by atoms with Crippen molar-refractivity contribution in [2.45, 2.75) is 25.8 Å². The molecular formula is C8H13NO4S. The zero-order valence-electron chi connectivity index (χ0n) is 7.86. The van der Waals surface area contributed by atoms with Crippen molar-refractivity contribution in [3.8, 4) is 12.3 Å². The summed E-state index contributed by atoms with van der Waals surface area (Å²) in [6, 6.07) is -1.23. The van der Waals surface area contributed by atoms with Crippen LogP contribution in [0.1, 0.15) is 19.8 Å². The van der Waals surface area contributed by atoms with Crippen LogP contribution in [0.3, 0.4) is 0 Å². The fourth-order valence-electron chi connectivity index (χ4n) is 0.842. The van der Waals surface area contributed by atoms with Gasteiger partial charge >= 0.3 is 5.97 Å². The molecule has 0 saturated heterocycles. The van der Waals surface area contributed by atoms with Gasteiger partial charge in [0.1, 0.15) is 6.04 Å². The first kappa shape index (κ1) is 12.9. The highest BCUT2D eigenvalue weighted by atomic mass is 32.2. The molecule has 80 valence electrons. The molecule has 0 fully saturated rings. The van der Waals surface area contributed by atoms with Crippen molar-refractivity contribution in [2.24, 2.45) is 0 Å². The molecule has 0 heterocycles. The number of carbonyl (C=O) groups is 1. The number of hydrogen-bond acceptors (Lipinski definition) is 3. The number of nitrogens with one attached hydrogen (secondary N) is 1. The number of carboxylic acids is 1. The maximum Gasteiger partial charge on any atom is 0.322 e. The molecule has 14 heavy (non-hydrogen) atoms. The molecule has 0 radical (unpaired) electrons. The Morgan fingerprint density at radius 2 is 2.21 bits per heavy atom. The van der Waals surface area contributed by atoms with Gasteiger partial charge in [-0.15, -0.1) is 12.3 Å². The lowest BCUT2D eigenvalue weighted by molar-refractivity contribution is -0.138. The van der Waals surface area contributed by atoms with Crippen LogP contribution in [0, 0.1) is 12.3 Å². The minimum absolute atomic E-state index is 0.0959. The Hall–Kier alpha value is -1.06. The summed E-state index contributed by atoms with van der Waals surface area (Å²) in [7, 11) is -3.52. The molecule has 0 aliphatic rings. The summed E-state index contributed by atoms with van der Waals surface area (Å²) < 4.78 is 24.4. The maximum atomic E-state index is 11.2. The van der Waals surface area contributed by atoms with Crippen molar-refractivity contribution < 1.29 is 18.3 Å². The average Bonchev–Trinajstić information content (AvgIpc) is 2.02. The monoisotopic (exact) mass is 219 g/mol. The Bertz CT molecular complexity index is 328. The number of carboxylic acid groups (broad SMARTS) is 1. The molecule has 0 rings (SSSR count). The highest BCUT2D eigenvalue weighted by Crippen LogP contribution is 1.96. The predicted molar refractivity (Wildman–Crippen MR) is 52.1 cm³/mol. The summed E-state index contributed by atoms with van der Waals surface area (Å²) >= 11 is 0. The summed E-state index contributed by atoms with van der Waals surface area (Å²) in [6.07, 6.45) is 5.19. The second-order valence-corrected chi connectivity index (χ2v) is 4.61. The van der Waals surface area contributed by atoms with Crippen LogP contribution in [-0.2, 0) is 14.8 Å². The lowest BCUT2D eigenvalue weighted by Crippen LogP contribution is -2.41. The van der Waals surface area contributed by atoms with E-state index in [0.29, 0.717) is 6.42 Å². The van der Waals surface area contributed by atoms with Crippen LogP contribution in [0.5, 0.6) is 0 Å². The summed E-state index contributed by atoms with van der Waals surface area (Å²) in [5.41, 5.74) is 0. The largest absolute Gasteiger partial charge is 0.480 e. The van der Waals surface area contributed by atoms with Gasteiger partial charge in [-0.3, -0.25) is 4.79 Å². The Morgan fingerprint density at radius 1 is 1.64 bits per heavy atom. The first-order valence-electron chi connectivity index (χ1n) is 4.09. The molecule has 0 aliphatic carbocycles. The van der Waals surface area contributed by atoms with E-state index in [2.05, 4.69) is 5.92 Å². The maximum absolute atomic E-state index is 11.2. The van der Waals surface area contributed by atoms with Crippen LogP contribution < -0.4 is 4.72 Å². The van der Waals surface area contributed by atoms with Gasteiger partial charge < -0.3 is 5.11 Å². The highest BCUT2D eigenvalue weighted by Gasteiger charge is 2.22. The molecule has 0 aromatic rings. The van der Waals surface area contributed by atoms with Gasteiger partial charge in [0.15, 0.2) is 0 Å². The fourth-order valence-corrected chi connectivity index (χ4v) is 2.11. The van der Waals surface area contributed by atoms with Gasteiger partial charge in [-0.2, -0.15) is 4.72 Å². The smallest absolute Gasteiger partial charge is 0.322 e. The van der Waals surface area contributed by atoms with Crippen LogP contribution >= 0.6 is 0 Å².